The average Bonchev–Trinajstić information content (AvgIpc) is 3.53. The molecular weight excluding hydrogens is 578 g/mol. The van der Waals surface area contributed by atoms with E-state index in [0.29, 0.717) is 49.7 Å². The van der Waals surface area contributed by atoms with Crippen LogP contribution in [0.15, 0.2) is 73.1 Å². The predicted molar refractivity (Wildman–Crippen MR) is 147 cm³/mol. The summed E-state index contributed by atoms with van der Waals surface area (Å²) in [6, 6.07) is 13.2. The van der Waals surface area contributed by atoms with Gasteiger partial charge in [0.25, 0.3) is 11.6 Å². The van der Waals surface area contributed by atoms with E-state index in [4.69, 9.17) is 19.3 Å². The molecule has 0 radical (unpaired) electrons. The third-order valence-electron chi connectivity index (χ3n) is 5.64. The Bertz CT molecular complexity index is 1590. The van der Waals surface area contributed by atoms with Crippen LogP contribution in [-0.2, 0) is 11.2 Å². The molecule has 1 amide bonds. The normalized spacial score (nSPS) is 15.9. The SMILES string of the molecule is COc1ccc(CC2=NN3C(=N)C(=Cc4ccc(-c5ccc([N+](=O)[O-])cc5Br)o4)C(=O)N=C3S2)cc1OC. The van der Waals surface area contributed by atoms with Crippen LogP contribution in [0.25, 0.3) is 17.4 Å². The van der Waals surface area contributed by atoms with Gasteiger partial charge in [0, 0.05) is 28.6 Å². The third kappa shape index (κ3) is 4.85. The maximum Gasteiger partial charge on any atom is 0.283 e. The lowest BCUT2D eigenvalue weighted by atomic mass is 10.1. The fourth-order valence-electron chi connectivity index (χ4n) is 3.80. The molecule has 11 nitrogen and oxygen atoms in total. The van der Waals surface area contributed by atoms with E-state index < -0.39 is 10.8 Å². The number of hydrazone groups is 1. The van der Waals surface area contributed by atoms with Crippen LogP contribution in [0.2, 0.25) is 0 Å². The lowest BCUT2D eigenvalue weighted by Crippen LogP contribution is -2.35. The van der Waals surface area contributed by atoms with Gasteiger partial charge in [-0.3, -0.25) is 20.3 Å². The number of amidine groups is 2. The molecule has 5 rings (SSSR count). The fraction of sp³-hybridized carbons (Fsp3) is 0.120. The Morgan fingerprint density at radius 2 is 1.95 bits per heavy atom. The van der Waals surface area contributed by atoms with Crippen LogP contribution in [0.3, 0.4) is 0 Å². The van der Waals surface area contributed by atoms with Crippen LogP contribution in [0.4, 0.5) is 5.69 Å². The van der Waals surface area contributed by atoms with Gasteiger partial charge in [0.15, 0.2) is 17.3 Å². The van der Waals surface area contributed by atoms with E-state index in [-0.39, 0.29) is 17.1 Å². The number of carbonyl (C=O) groups is 1. The Hall–Kier alpha value is -4.23. The van der Waals surface area contributed by atoms with Gasteiger partial charge in [-0.1, -0.05) is 6.07 Å². The molecule has 3 heterocycles. The summed E-state index contributed by atoms with van der Waals surface area (Å²) < 4.78 is 17.0. The highest BCUT2D eigenvalue weighted by atomic mass is 79.9. The number of methoxy groups -OCH3 is 2. The molecule has 0 bridgehead atoms. The second kappa shape index (κ2) is 10.3. The quantitative estimate of drug-likeness (QED) is 0.214. The zero-order chi connectivity index (χ0) is 27.0. The topological polar surface area (TPSA) is 144 Å². The van der Waals surface area contributed by atoms with Crippen LogP contribution < -0.4 is 9.47 Å². The molecule has 0 aliphatic carbocycles. The van der Waals surface area contributed by atoms with Crippen molar-refractivity contribution >= 4 is 61.4 Å². The Labute approximate surface area is 228 Å². The van der Waals surface area contributed by atoms with Crippen LogP contribution in [-0.4, -0.2) is 46.1 Å². The number of rotatable bonds is 7. The molecule has 0 atom stereocenters. The number of fused-ring (bicyclic) bond motifs is 1. The number of thioether (sulfide) groups is 1. The molecule has 0 fully saturated rings. The summed E-state index contributed by atoms with van der Waals surface area (Å²) in [4.78, 5) is 27.4. The van der Waals surface area contributed by atoms with Gasteiger partial charge in [-0.25, -0.2) is 0 Å². The van der Waals surface area contributed by atoms with E-state index in [0.717, 1.165) is 5.56 Å². The van der Waals surface area contributed by atoms with Gasteiger partial charge in [-0.05, 0) is 69.7 Å². The average molecular weight is 596 g/mol. The monoisotopic (exact) mass is 595 g/mol. The van der Waals surface area contributed by atoms with Crippen molar-refractivity contribution in [1.29, 1.82) is 5.41 Å². The maximum absolute atomic E-state index is 12.8. The minimum absolute atomic E-state index is 0.0223. The number of furan rings is 1. The van der Waals surface area contributed by atoms with Crippen molar-refractivity contribution < 1.29 is 23.6 Å². The van der Waals surface area contributed by atoms with Crippen molar-refractivity contribution in [3.05, 3.63) is 80.0 Å². The third-order valence-corrected chi connectivity index (χ3v) is 7.21. The van der Waals surface area contributed by atoms with Crippen molar-refractivity contribution in [2.45, 2.75) is 6.42 Å². The molecule has 3 aromatic rings. The van der Waals surface area contributed by atoms with Crippen LogP contribution in [0, 0.1) is 15.5 Å². The highest BCUT2D eigenvalue weighted by molar-refractivity contribution is 9.10. The standard InChI is InChI=1S/C25H18BrN5O6S/c1-35-20-7-3-13(9-21(20)36-2)10-22-29-30-23(27)17(24(32)28-25(30)38-22)12-15-5-8-19(37-15)16-6-4-14(31(33)34)11-18(16)26/h3-9,11-12,27H,10H2,1-2H3. The summed E-state index contributed by atoms with van der Waals surface area (Å²) in [6.45, 7) is 0. The van der Waals surface area contributed by atoms with E-state index in [1.165, 1.54) is 35.0 Å². The number of hydrogen-bond acceptors (Lipinski definition) is 9. The molecule has 1 N–H and O–H groups in total. The van der Waals surface area contributed by atoms with Gasteiger partial charge in [0.2, 0.25) is 5.17 Å². The largest absolute Gasteiger partial charge is 0.493 e. The molecule has 38 heavy (non-hydrogen) atoms. The van der Waals surface area contributed by atoms with E-state index in [9.17, 15) is 14.9 Å². The Morgan fingerprint density at radius 3 is 2.66 bits per heavy atom. The van der Waals surface area contributed by atoms with Gasteiger partial charge in [-0.2, -0.15) is 15.1 Å². The Kier molecular flexibility index (Phi) is 6.87. The van der Waals surface area contributed by atoms with Crippen molar-refractivity contribution in [1.82, 2.24) is 5.01 Å². The van der Waals surface area contributed by atoms with E-state index >= 15 is 0 Å². The number of benzene rings is 2. The number of carbonyl (C=O) groups excluding carboxylic acids is 1. The Morgan fingerprint density at radius 1 is 1.16 bits per heavy atom. The first-order valence-corrected chi connectivity index (χ1v) is 12.6. The molecule has 2 aromatic carbocycles. The molecule has 0 saturated heterocycles. The van der Waals surface area contributed by atoms with Gasteiger partial charge in [0.1, 0.15) is 16.6 Å². The first kappa shape index (κ1) is 25.4. The molecule has 2 aliphatic rings. The Balaban J connectivity index is 1.37. The zero-order valence-electron chi connectivity index (χ0n) is 19.9. The summed E-state index contributed by atoms with van der Waals surface area (Å²) in [5.74, 6) is 1.26. The minimum atomic E-state index is -0.578. The summed E-state index contributed by atoms with van der Waals surface area (Å²) >= 11 is 4.55. The second-order valence-electron chi connectivity index (χ2n) is 8.00. The van der Waals surface area contributed by atoms with Crippen molar-refractivity contribution in [3.63, 3.8) is 0 Å². The van der Waals surface area contributed by atoms with E-state index in [1.54, 1.807) is 38.5 Å². The van der Waals surface area contributed by atoms with Crippen LogP contribution in [0.5, 0.6) is 11.5 Å². The fourth-order valence-corrected chi connectivity index (χ4v) is 5.28. The molecule has 192 valence electrons. The number of nitro benzene ring substituents is 1. The van der Waals surface area contributed by atoms with Gasteiger partial charge < -0.3 is 13.9 Å². The molecule has 0 unspecified atom stereocenters. The number of ether oxygens (including phenoxy) is 2. The molecule has 1 aromatic heterocycles. The van der Waals surface area contributed by atoms with Crippen molar-refractivity contribution in [2.75, 3.05) is 14.2 Å². The lowest BCUT2D eigenvalue weighted by molar-refractivity contribution is -0.384. The number of aliphatic imine (C=N–C) groups is 1. The number of hydrogen-bond donors (Lipinski definition) is 1. The maximum atomic E-state index is 12.8. The first-order valence-electron chi connectivity index (χ1n) is 11.0. The number of nitro groups is 1. The van der Waals surface area contributed by atoms with Crippen LogP contribution in [0.1, 0.15) is 11.3 Å². The number of amides is 1. The summed E-state index contributed by atoms with van der Waals surface area (Å²) in [5.41, 5.74) is 1.49. The highest BCUT2D eigenvalue weighted by Gasteiger charge is 2.36. The molecule has 2 aliphatic heterocycles. The molecule has 0 spiro atoms. The zero-order valence-corrected chi connectivity index (χ0v) is 22.3. The van der Waals surface area contributed by atoms with E-state index in [2.05, 4.69) is 26.0 Å². The molecular formula is C25H18BrN5O6S. The number of non-ortho nitro benzene ring substituents is 1. The predicted octanol–water partition coefficient (Wildman–Crippen LogP) is 5.50. The molecule has 13 heteroatoms. The second-order valence-corrected chi connectivity index (χ2v) is 9.90. The smallest absolute Gasteiger partial charge is 0.283 e. The number of nitrogens with one attached hydrogen (secondary N) is 1. The summed E-state index contributed by atoms with van der Waals surface area (Å²) in [6.07, 6.45) is 1.88. The number of nitrogens with zero attached hydrogens (tertiary/aromatic N) is 4. The van der Waals surface area contributed by atoms with Crippen molar-refractivity contribution in [2.24, 2.45) is 10.1 Å². The van der Waals surface area contributed by atoms with Crippen molar-refractivity contribution in [3.8, 4) is 22.8 Å². The van der Waals surface area contributed by atoms with Gasteiger partial charge in [0.05, 0.1) is 24.7 Å². The summed E-state index contributed by atoms with van der Waals surface area (Å²) in [5, 5.41) is 26.4. The summed E-state index contributed by atoms with van der Waals surface area (Å²) in [7, 11) is 3.13. The lowest BCUT2D eigenvalue weighted by Gasteiger charge is -2.19. The van der Waals surface area contributed by atoms with Gasteiger partial charge in [-0.15, -0.1) is 0 Å². The molecule has 0 saturated carbocycles. The minimum Gasteiger partial charge on any atom is -0.493 e. The number of halogens is 1. The van der Waals surface area contributed by atoms with Gasteiger partial charge >= 0.3 is 0 Å². The van der Waals surface area contributed by atoms with Crippen LogP contribution >= 0.6 is 27.7 Å². The first-order chi connectivity index (χ1) is 18.3. The highest BCUT2D eigenvalue weighted by Crippen LogP contribution is 2.35. The van der Waals surface area contributed by atoms with E-state index in [1.807, 2.05) is 12.1 Å².